The van der Waals surface area contributed by atoms with Crippen molar-refractivity contribution >= 4 is 11.6 Å². The zero-order valence-electron chi connectivity index (χ0n) is 7.32. The number of hydrogen-bond donors (Lipinski definition) is 0. The molecule has 0 saturated heterocycles. The van der Waals surface area contributed by atoms with E-state index in [1.807, 2.05) is 6.92 Å². The van der Waals surface area contributed by atoms with Crippen molar-refractivity contribution in [1.29, 1.82) is 0 Å². The van der Waals surface area contributed by atoms with E-state index in [0.717, 1.165) is 6.42 Å². The van der Waals surface area contributed by atoms with Crippen LogP contribution in [-0.4, -0.2) is 5.38 Å². The van der Waals surface area contributed by atoms with Crippen molar-refractivity contribution < 1.29 is 0 Å². The summed E-state index contributed by atoms with van der Waals surface area (Å²) in [6.07, 6.45) is 3.34. The molecule has 0 bridgehead atoms. The highest BCUT2D eigenvalue weighted by molar-refractivity contribution is 6.20. The molecule has 60 valence electrons. The summed E-state index contributed by atoms with van der Waals surface area (Å²) in [6.45, 7) is 8.48. The lowest BCUT2D eigenvalue weighted by molar-refractivity contribution is 0.636. The van der Waals surface area contributed by atoms with E-state index < -0.39 is 0 Å². The minimum atomic E-state index is 0.297. The molecule has 0 aliphatic heterocycles. The van der Waals surface area contributed by atoms with Gasteiger partial charge in [-0.3, -0.25) is 0 Å². The van der Waals surface area contributed by atoms with Crippen LogP contribution in [0.2, 0.25) is 0 Å². The third kappa shape index (κ3) is 6.15. The Hall–Kier alpha value is 0.0300. The second-order valence-corrected chi connectivity index (χ2v) is 3.98. The van der Waals surface area contributed by atoms with Gasteiger partial charge in [0.2, 0.25) is 0 Å². The summed E-state index contributed by atoms with van der Waals surface area (Å²) in [7, 11) is 0. The van der Waals surface area contributed by atoms with E-state index in [1.54, 1.807) is 0 Å². The van der Waals surface area contributed by atoms with Crippen LogP contribution in [0.3, 0.4) is 0 Å². The fourth-order valence-corrected chi connectivity index (χ4v) is 1.43. The molecule has 0 fully saturated rings. The van der Waals surface area contributed by atoms with E-state index in [2.05, 4.69) is 26.8 Å². The number of rotatable bonds is 3. The maximum absolute atomic E-state index is 5.83. The van der Waals surface area contributed by atoms with Crippen LogP contribution < -0.4 is 0 Å². The van der Waals surface area contributed by atoms with E-state index in [0.29, 0.717) is 11.3 Å². The zero-order chi connectivity index (χ0) is 8.15. The van der Waals surface area contributed by atoms with Gasteiger partial charge in [0.1, 0.15) is 0 Å². The summed E-state index contributed by atoms with van der Waals surface area (Å²) < 4.78 is 0. The summed E-state index contributed by atoms with van der Waals surface area (Å²) in [6, 6.07) is 0. The van der Waals surface area contributed by atoms with Gasteiger partial charge in [0.15, 0.2) is 0 Å². The van der Waals surface area contributed by atoms with Crippen LogP contribution in [-0.2, 0) is 0 Å². The van der Waals surface area contributed by atoms with Crippen LogP contribution >= 0.6 is 11.6 Å². The Morgan fingerprint density at radius 1 is 1.40 bits per heavy atom. The highest BCUT2D eigenvalue weighted by atomic mass is 35.5. The fourth-order valence-electron chi connectivity index (χ4n) is 1.15. The van der Waals surface area contributed by atoms with Crippen molar-refractivity contribution in [1.82, 2.24) is 0 Å². The summed E-state index contributed by atoms with van der Waals surface area (Å²) in [5, 5.41) is 0.297. The molecule has 0 rings (SSSR count). The number of halogens is 1. The van der Waals surface area contributed by atoms with Crippen molar-refractivity contribution in [2.24, 2.45) is 5.92 Å². The van der Waals surface area contributed by atoms with Gasteiger partial charge in [0.25, 0.3) is 0 Å². The second-order valence-electron chi connectivity index (χ2n) is 3.24. The molecule has 0 aromatic rings. The molecule has 1 heteroatoms. The van der Waals surface area contributed by atoms with Gasteiger partial charge >= 0.3 is 0 Å². The first-order chi connectivity index (χ1) is 4.52. The van der Waals surface area contributed by atoms with Crippen LogP contribution in [0.1, 0.15) is 34.1 Å². The van der Waals surface area contributed by atoms with Gasteiger partial charge in [-0.2, -0.15) is 0 Å². The molecule has 0 aliphatic carbocycles. The Labute approximate surface area is 69.3 Å². The average Bonchev–Trinajstić information content (AvgIpc) is 1.58. The van der Waals surface area contributed by atoms with Crippen LogP contribution in [0, 0.1) is 5.92 Å². The first kappa shape index (κ1) is 10.0. The molecule has 0 aliphatic rings. The van der Waals surface area contributed by atoms with Crippen LogP contribution in [0.5, 0.6) is 0 Å². The van der Waals surface area contributed by atoms with Crippen molar-refractivity contribution in [3.05, 3.63) is 11.6 Å². The normalized spacial score (nSPS) is 16.1. The minimum absolute atomic E-state index is 0.297. The molecule has 0 N–H and O–H groups in total. The molecule has 0 amide bonds. The molecular formula is C9H17Cl. The smallest absolute Gasteiger partial charge is 0.0313 e. The molecule has 0 radical (unpaired) electrons. The van der Waals surface area contributed by atoms with Crippen LogP contribution in [0.15, 0.2) is 11.6 Å². The quantitative estimate of drug-likeness (QED) is 0.437. The Bertz CT molecular complexity index is 110. The van der Waals surface area contributed by atoms with Crippen molar-refractivity contribution in [2.45, 2.75) is 39.5 Å². The van der Waals surface area contributed by atoms with Gasteiger partial charge in [0.05, 0.1) is 0 Å². The predicted molar refractivity (Wildman–Crippen MR) is 48.5 cm³/mol. The van der Waals surface area contributed by atoms with Crippen molar-refractivity contribution in [3.8, 4) is 0 Å². The second kappa shape index (κ2) is 4.79. The lowest BCUT2D eigenvalue weighted by Crippen LogP contribution is -1.99. The van der Waals surface area contributed by atoms with E-state index >= 15 is 0 Å². The van der Waals surface area contributed by atoms with Crippen LogP contribution in [0.4, 0.5) is 0 Å². The Kier molecular flexibility index (Phi) is 4.80. The third-order valence-electron chi connectivity index (χ3n) is 1.31. The SMILES string of the molecule is CC(C)=C[C@@H](C)C[C@@H](C)Cl. The average molecular weight is 161 g/mol. The summed E-state index contributed by atoms with van der Waals surface area (Å²) >= 11 is 5.83. The van der Waals surface area contributed by atoms with Crippen molar-refractivity contribution in [2.75, 3.05) is 0 Å². The highest BCUT2D eigenvalue weighted by Crippen LogP contribution is 2.13. The maximum atomic E-state index is 5.83. The number of allylic oxidation sites excluding steroid dienone is 2. The topological polar surface area (TPSA) is 0 Å². The minimum Gasteiger partial charge on any atom is -0.123 e. The number of hydrogen-bond acceptors (Lipinski definition) is 0. The molecule has 0 unspecified atom stereocenters. The fraction of sp³-hybridized carbons (Fsp3) is 0.778. The maximum Gasteiger partial charge on any atom is 0.0313 e. The van der Waals surface area contributed by atoms with Gasteiger partial charge in [-0.1, -0.05) is 18.6 Å². The first-order valence-corrected chi connectivity index (χ1v) is 4.25. The monoisotopic (exact) mass is 160 g/mol. The lowest BCUT2D eigenvalue weighted by Gasteiger charge is -2.07. The molecule has 10 heavy (non-hydrogen) atoms. The zero-order valence-corrected chi connectivity index (χ0v) is 8.07. The van der Waals surface area contributed by atoms with Gasteiger partial charge < -0.3 is 0 Å². The standard InChI is InChI=1S/C9H17Cl/c1-7(2)5-8(3)6-9(4)10/h5,8-9H,6H2,1-4H3/t8-,9-/m1/s1. The molecule has 0 heterocycles. The third-order valence-corrected chi connectivity index (χ3v) is 1.49. The van der Waals surface area contributed by atoms with E-state index in [4.69, 9.17) is 11.6 Å². The van der Waals surface area contributed by atoms with E-state index in [1.165, 1.54) is 5.57 Å². The lowest BCUT2D eigenvalue weighted by atomic mass is 10.0. The Morgan fingerprint density at radius 3 is 2.20 bits per heavy atom. The summed E-state index contributed by atoms with van der Waals surface area (Å²) in [5.74, 6) is 0.623. The van der Waals surface area contributed by atoms with E-state index in [-0.39, 0.29) is 0 Å². The summed E-state index contributed by atoms with van der Waals surface area (Å²) in [5.41, 5.74) is 1.38. The van der Waals surface area contributed by atoms with E-state index in [9.17, 15) is 0 Å². The van der Waals surface area contributed by atoms with Gasteiger partial charge in [0, 0.05) is 5.38 Å². The highest BCUT2D eigenvalue weighted by Gasteiger charge is 2.01. The predicted octanol–water partition coefficient (Wildman–Crippen LogP) is 3.61. The van der Waals surface area contributed by atoms with Crippen molar-refractivity contribution in [3.63, 3.8) is 0 Å². The summed E-state index contributed by atoms with van der Waals surface area (Å²) in [4.78, 5) is 0. The van der Waals surface area contributed by atoms with Gasteiger partial charge in [-0.05, 0) is 33.1 Å². The van der Waals surface area contributed by atoms with Crippen LogP contribution in [0.25, 0.3) is 0 Å². The molecule has 2 atom stereocenters. The molecule has 0 spiro atoms. The Morgan fingerprint density at radius 2 is 1.90 bits per heavy atom. The Balaban J connectivity index is 3.64. The molecule has 0 aromatic heterocycles. The first-order valence-electron chi connectivity index (χ1n) is 3.81. The van der Waals surface area contributed by atoms with Gasteiger partial charge in [-0.25, -0.2) is 0 Å². The molecular weight excluding hydrogens is 144 g/mol. The van der Waals surface area contributed by atoms with Gasteiger partial charge in [-0.15, -0.1) is 11.6 Å². The molecule has 0 saturated carbocycles. The molecule has 0 nitrogen and oxygen atoms in total. The number of alkyl halides is 1. The largest absolute Gasteiger partial charge is 0.123 e. The molecule has 0 aromatic carbocycles.